The van der Waals surface area contributed by atoms with Crippen LogP contribution < -0.4 is 0 Å². The Kier molecular flexibility index (Phi) is 9.22. The molecule has 0 atom stereocenters. The Morgan fingerprint density at radius 3 is 1.44 bits per heavy atom. The molecule has 0 amide bonds. The van der Waals surface area contributed by atoms with Crippen LogP contribution in [0.2, 0.25) is 0 Å². The van der Waals surface area contributed by atoms with E-state index in [1.54, 1.807) is 27.7 Å². The summed E-state index contributed by atoms with van der Waals surface area (Å²) in [7, 11) is 0. The Balaban J connectivity index is 2.27. The normalized spacial score (nSPS) is 17.2. The van der Waals surface area contributed by atoms with Crippen molar-refractivity contribution < 1.29 is 29.3 Å². The molecule has 6 nitrogen and oxygen atoms in total. The SMILES string of the molecule is CC(C)(CCCCCC1(CCCCCC(C)(C)C(=O)O)OCCO1)C(=O)O. The summed E-state index contributed by atoms with van der Waals surface area (Å²) in [5, 5.41) is 18.3. The average Bonchev–Trinajstić information content (AvgIpc) is 3.02. The molecule has 6 heteroatoms. The molecule has 0 unspecified atom stereocenters. The van der Waals surface area contributed by atoms with Crippen molar-refractivity contribution in [3.8, 4) is 0 Å². The van der Waals surface area contributed by atoms with Crippen LogP contribution in [-0.4, -0.2) is 41.2 Å². The van der Waals surface area contributed by atoms with Gasteiger partial charge in [0.15, 0.2) is 5.79 Å². The van der Waals surface area contributed by atoms with Gasteiger partial charge >= 0.3 is 11.9 Å². The molecule has 0 aromatic rings. The summed E-state index contributed by atoms with van der Waals surface area (Å²) >= 11 is 0. The lowest BCUT2D eigenvalue weighted by Crippen LogP contribution is -2.30. The molecule has 1 rings (SSSR count). The standard InChI is InChI=1S/C21H38O6/c1-19(2,17(22)23)11-7-5-9-13-21(26-15-16-27-21)14-10-6-8-12-20(3,4)18(24)25/h5-16H2,1-4H3,(H,22,23)(H,24,25). The highest BCUT2D eigenvalue weighted by Crippen LogP contribution is 2.33. The van der Waals surface area contributed by atoms with Gasteiger partial charge in [0.1, 0.15) is 0 Å². The Labute approximate surface area is 163 Å². The molecule has 1 saturated heterocycles. The highest BCUT2D eigenvalue weighted by Gasteiger charge is 2.35. The fourth-order valence-corrected chi connectivity index (χ4v) is 3.40. The zero-order chi connectivity index (χ0) is 20.6. The zero-order valence-electron chi connectivity index (χ0n) is 17.5. The van der Waals surface area contributed by atoms with Gasteiger partial charge in [0.05, 0.1) is 24.0 Å². The number of unbranched alkanes of at least 4 members (excludes halogenated alkanes) is 4. The van der Waals surface area contributed by atoms with Crippen molar-refractivity contribution in [2.45, 2.75) is 97.7 Å². The van der Waals surface area contributed by atoms with Gasteiger partial charge < -0.3 is 19.7 Å². The van der Waals surface area contributed by atoms with Crippen LogP contribution in [-0.2, 0) is 19.1 Å². The second-order valence-corrected chi connectivity index (χ2v) is 9.11. The van der Waals surface area contributed by atoms with Gasteiger partial charge in [0.2, 0.25) is 0 Å². The third kappa shape index (κ3) is 8.18. The minimum atomic E-state index is -0.743. The predicted molar refractivity (Wildman–Crippen MR) is 104 cm³/mol. The highest BCUT2D eigenvalue weighted by atomic mass is 16.7. The number of carboxylic acids is 2. The van der Waals surface area contributed by atoms with Gasteiger partial charge in [-0.3, -0.25) is 9.59 Å². The molecule has 158 valence electrons. The lowest BCUT2D eigenvalue weighted by molar-refractivity contribution is -0.169. The Morgan fingerprint density at radius 2 is 1.11 bits per heavy atom. The summed E-state index contributed by atoms with van der Waals surface area (Å²) in [6.45, 7) is 8.32. The van der Waals surface area contributed by atoms with Crippen LogP contribution in [0.3, 0.4) is 0 Å². The number of rotatable bonds is 14. The van der Waals surface area contributed by atoms with Gasteiger partial charge in [-0.1, -0.05) is 25.7 Å². The minimum absolute atomic E-state index is 0.495. The second-order valence-electron chi connectivity index (χ2n) is 9.11. The first-order valence-electron chi connectivity index (χ1n) is 10.3. The van der Waals surface area contributed by atoms with Crippen molar-refractivity contribution in [1.82, 2.24) is 0 Å². The van der Waals surface area contributed by atoms with Crippen molar-refractivity contribution in [2.24, 2.45) is 10.8 Å². The second kappa shape index (κ2) is 10.4. The van der Waals surface area contributed by atoms with E-state index in [1.807, 2.05) is 0 Å². The third-order valence-corrected chi connectivity index (χ3v) is 5.69. The lowest BCUT2D eigenvalue weighted by Gasteiger charge is -2.28. The molecule has 1 aliphatic heterocycles. The molecule has 0 spiro atoms. The fourth-order valence-electron chi connectivity index (χ4n) is 3.40. The molecule has 27 heavy (non-hydrogen) atoms. The van der Waals surface area contributed by atoms with Gasteiger partial charge in [-0.25, -0.2) is 0 Å². The molecule has 1 fully saturated rings. The van der Waals surface area contributed by atoms with E-state index in [9.17, 15) is 9.59 Å². The topological polar surface area (TPSA) is 93.1 Å². The molecule has 0 bridgehead atoms. The van der Waals surface area contributed by atoms with Gasteiger partial charge in [0.25, 0.3) is 0 Å². The van der Waals surface area contributed by atoms with E-state index in [-0.39, 0.29) is 0 Å². The van der Waals surface area contributed by atoms with Crippen molar-refractivity contribution in [2.75, 3.05) is 13.2 Å². The molecule has 0 aromatic heterocycles. The lowest BCUT2D eigenvalue weighted by atomic mass is 9.86. The van der Waals surface area contributed by atoms with E-state index in [0.717, 1.165) is 51.4 Å². The van der Waals surface area contributed by atoms with Gasteiger partial charge in [-0.2, -0.15) is 0 Å². The monoisotopic (exact) mass is 386 g/mol. The maximum absolute atomic E-state index is 11.1. The van der Waals surface area contributed by atoms with E-state index in [1.165, 1.54) is 0 Å². The van der Waals surface area contributed by atoms with Crippen LogP contribution in [0.5, 0.6) is 0 Å². The molecule has 0 radical (unpaired) electrons. The first-order chi connectivity index (χ1) is 12.5. The van der Waals surface area contributed by atoms with Gasteiger partial charge in [0, 0.05) is 12.8 Å². The summed E-state index contributed by atoms with van der Waals surface area (Å²) in [4.78, 5) is 22.3. The maximum atomic E-state index is 11.1. The Bertz CT molecular complexity index is 439. The highest BCUT2D eigenvalue weighted by molar-refractivity contribution is 5.73. The summed E-state index contributed by atoms with van der Waals surface area (Å²) in [5.74, 6) is -1.98. The summed E-state index contributed by atoms with van der Waals surface area (Å²) in [5.41, 5.74) is -1.33. The van der Waals surface area contributed by atoms with Crippen LogP contribution in [0, 0.1) is 10.8 Å². The molecule has 1 heterocycles. The first-order valence-corrected chi connectivity index (χ1v) is 10.3. The fraction of sp³-hybridized carbons (Fsp3) is 0.905. The van der Waals surface area contributed by atoms with Crippen molar-refractivity contribution in [1.29, 1.82) is 0 Å². The number of hydrogen-bond acceptors (Lipinski definition) is 4. The van der Waals surface area contributed by atoms with E-state index in [0.29, 0.717) is 26.1 Å². The van der Waals surface area contributed by atoms with E-state index >= 15 is 0 Å². The number of carboxylic acid groups (broad SMARTS) is 2. The molecule has 0 saturated carbocycles. The van der Waals surface area contributed by atoms with Gasteiger partial charge in [-0.05, 0) is 53.4 Å². The zero-order valence-corrected chi connectivity index (χ0v) is 17.5. The summed E-state index contributed by atoms with van der Waals surface area (Å²) < 4.78 is 11.8. The predicted octanol–water partition coefficient (Wildman–Crippen LogP) is 4.85. The van der Waals surface area contributed by atoms with Crippen molar-refractivity contribution in [3.63, 3.8) is 0 Å². The van der Waals surface area contributed by atoms with Crippen molar-refractivity contribution >= 4 is 11.9 Å². The Morgan fingerprint density at radius 1 is 0.741 bits per heavy atom. The smallest absolute Gasteiger partial charge is 0.309 e. The summed E-state index contributed by atoms with van der Waals surface area (Å²) in [6.07, 6.45) is 8.66. The van der Waals surface area contributed by atoms with Gasteiger partial charge in [-0.15, -0.1) is 0 Å². The molecule has 0 aliphatic carbocycles. The minimum Gasteiger partial charge on any atom is -0.481 e. The molecular weight excluding hydrogens is 348 g/mol. The molecular formula is C21H38O6. The van der Waals surface area contributed by atoms with Crippen LogP contribution >= 0.6 is 0 Å². The maximum Gasteiger partial charge on any atom is 0.309 e. The number of aliphatic carboxylic acids is 2. The molecule has 0 aromatic carbocycles. The largest absolute Gasteiger partial charge is 0.481 e. The Hall–Kier alpha value is -1.14. The number of carbonyl (C=O) groups is 2. The van der Waals surface area contributed by atoms with Crippen LogP contribution in [0.15, 0.2) is 0 Å². The van der Waals surface area contributed by atoms with E-state index in [4.69, 9.17) is 19.7 Å². The third-order valence-electron chi connectivity index (χ3n) is 5.69. The van der Waals surface area contributed by atoms with Crippen LogP contribution in [0.4, 0.5) is 0 Å². The molecule has 2 N–H and O–H groups in total. The van der Waals surface area contributed by atoms with E-state index in [2.05, 4.69) is 0 Å². The average molecular weight is 387 g/mol. The van der Waals surface area contributed by atoms with E-state index < -0.39 is 28.6 Å². The first kappa shape index (κ1) is 23.9. The van der Waals surface area contributed by atoms with Crippen LogP contribution in [0.1, 0.15) is 91.9 Å². The molecule has 1 aliphatic rings. The quantitative estimate of drug-likeness (QED) is 0.414. The number of hydrogen-bond donors (Lipinski definition) is 2. The number of ether oxygens (including phenoxy) is 2. The van der Waals surface area contributed by atoms with Crippen LogP contribution in [0.25, 0.3) is 0 Å². The van der Waals surface area contributed by atoms with Crippen molar-refractivity contribution in [3.05, 3.63) is 0 Å². The summed E-state index contributed by atoms with van der Waals surface area (Å²) in [6, 6.07) is 0.